The van der Waals surface area contributed by atoms with Gasteiger partial charge in [-0.15, -0.1) is 0 Å². The van der Waals surface area contributed by atoms with Crippen molar-refractivity contribution in [1.29, 1.82) is 0 Å². The predicted octanol–water partition coefficient (Wildman–Crippen LogP) is 0.520. The van der Waals surface area contributed by atoms with Gasteiger partial charge < -0.3 is 0 Å². The molecule has 0 rings (SSSR count). The molecule has 0 spiro atoms. The van der Waals surface area contributed by atoms with Crippen molar-refractivity contribution in [1.82, 2.24) is 0 Å². The molecule has 0 aromatic heterocycles. The number of alkyl halides is 1. The van der Waals surface area contributed by atoms with E-state index in [9.17, 15) is 4.39 Å². The van der Waals surface area contributed by atoms with Crippen LogP contribution in [0.15, 0.2) is 0 Å². The molecule has 0 saturated heterocycles. The van der Waals surface area contributed by atoms with Crippen molar-refractivity contribution in [3.8, 4) is 0 Å². The van der Waals surface area contributed by atoms with E-state index >= 15 is 0 Å². The van der Waals surface area contributed by atoms with Gasteiger partial charge in [0.15, 0.2) is 0 Å². The van der Waals surface area contributed by atoms with Gasteiger partial charge in [-0.1, -0.05) is 0 Å². The van der Waals surface area contributed by atoms with Crippen LogP contribution in [0.3, 0.4) is 0 Å². The van der Waals surface area contributed by atoms with Gasteiger partial charge in [0.1, 0.15) is 0 Å². The third kappa shape index (κ3) is 4.47. The Kier molecular flexibility index (Phi) is 2.12. The molecule has 0 nitrogen and oxygen atoms in total. The van der Waals surface area contributed by atoms with Crippen LogP contribution in [0.4, 0.5) is 4.39 Å². The van der Waals surface area contributed by atoms with Gasteiger partial charge in [0.05, 0.1) is 0 Å². The predicted molar refractivity (Wildman–Crippen MR) is 30.0 cm³/mol. The average Bonchev–Trinajstić information content (AvgIpc) is 1.35. The summed E-state index contributed by atoms with van der Waals surface area (Å²) in [5.41, 5.74) is 0. The van der Waals surface area contributed by atoms with E-state index in [2.05, 4.69) is 0 Å². The molecule has 0 aliphatic carbocycles. The minimum absolute atomic E-state index is 0.0625. The number of hydrogen-bond donors (Lipinski definition) is 0. The summed E-state index contributed by atoms with van der Waals surface area (Å²) >= 11 is 0.634. The minimum atomic E-state index is -0.146. The van der Waals surface area contributed by atoms with Crippen molar-refractivity contribution in [3.63, 3.8) is 0 Å². The zero-order chi connectivity index (χ0) is 5.21. The summed E-state index contributed by atoms with van der Waals surface area (Å²) in [6.45, 7) is 3.76. The third-order valence-corrected chi connectivity index (χ3v) is 0.962. The van der Waals surface area contributed by atoms with Crippen molar-refractivity contribution in [2.75, 3.05) is 6.67 Å². The molecule has 0 atom stereocenters. The second kappa shape index (κ2) is 1.96. The first-order valence-electron chi connectivity index (χ1n) is 2.12. The first-order chi connectivity index (χ1) is 2.56. The Labute approximate surface area is 46.3 Å². The molecule has 0 aromatic rings. The van der Waals surface area contributed by atoms with Crippen molar-refractivity contribution in [2.24, 2.45) is 0 Å². The molecular weight excluding hydrogens is 140 g/mol. The first-order valence-corrected chi connectivity index (χ1v) is 4.22. The van der Waals surface area contributed by atoms with Crippen LogP contribution in [0.5, 0.6) is 0 Å². The van der Waals surface area contributed by atoms with Gasteiger partial charge in [0, 0.05) is 0 Å². The van der Waals surface area contributed by atoms with Gasteiger partial charge >= 0.3 is 45.7 Å². The Morgan fingerprint density at radius 1 is 1.67 bits per heavy atom. The van der Waals surface area contributed by atoms with Crippen LogP contribution in [0.2, 0.25) is 4.25 Å². The Morgan fingerprint density at radius 3 is 1.83 bits per heavy atom. The monoisotopic (exact) mass is 152 g/mol. The van der Waals surface area contributed by atoms with Gasteiger partial charge in [-0.05, 0) is 0 Å². The fourth-order valence-electron chi connectivity index (χ4n) is 0. The fraction of sp³-hybridized carbons (Fsp3) is 1.00. The molecule has 2 heteroatoms. The Morgan fingerprint density at radius 2 is 1.83 bits per heavy atom. The van der Waals surface area contributed by atoms with Gasteiger partial charge in [-0.3, -0.25) is 0 Å². The maximum absolute atomic E-state index is 11.5. The standard InChI is InChI=1S/C4H11FGe/c1-4(2,6)3-5/h3H2,1-2,6H3. The zero-order valence-corrected chi connectivity index (χ0v) is 8.78. The molecule has 0 amide bonds. The second-order valence-electron chi connectivity index (χ2n) is 2.69. The van der Waals surface area contributed by atoms with E-state index in [4.69, 9.17) is 0 Å². The fourth-order valence-corrected chi connectivity index (χ4v) is 0. The molecule has 0 N–H and O–H groups in total. The van der Waals surface area contributed by atoms with Crippen LogP contribution in [-0.2, 0) is 0 Å². The average molecular weight is 151 g/mol. The van der Waals surface area contributed by atoms with Crippen LogP contribution in [-0.4, -0.2) is 23.2 Å². The van der Waals surface area contributed by atoms with Crippen LogP contribution >= 0.6 is 0 Å². The Hall–Kier alpha value is 0.473. The van der Waals surface area contributed by atoms with Gasteiger partial charge in [0.2, 0.25) is 0 Å². The summed E-state index contributed by atoms with van der Waals surface area (Å²) in [6, 6.07) is 0. The molecule has 0 unspecified atom stereocenters. The summed E-state index contributed by atoms with van der Waals surface area (Å²) in [7, 11) is 0. The summed E-state index contributed by atoms with van der Waals surface area (Å²) in [5.74, 6) is 0. The van der Waals surface area contributed by atoms with Crippen molar-refractivity contribution in [2.45, 2.75) is 18.1 Å². The van der Waals surface area contributed by atoms with E-state index in [1.54, 1.807) is 0 Å². The van der Waals surface area contributed by atoms with E-state index in [-0.39, 0.29) is 10.9 Å². The third-order valence-electron chi connectivity index (χ3n) is 0.401. The molecule has 0 aliphatic rings. The molecule has 38 valence electrons. The van der Waals surface area contributed by atoms with Crippen molar-refractivity contribution in [3.05, 3.63) is 0 Å². The SMILES string of the molecule is C[C](C)([GeH3])CF. The Bertz CT molecular complexity index is 37.3. The maximum atomic E-state index is 11.5. The molecule has 0 radical (unpaired) electrons. The van der Waals surface area contributed by atoms with Crippen LogP contribution in [0.25, 0.3) is 0 Å². The molecule has 0 fully saturated rings. The number of rotatable bonds is 1. The quantitative estimate of drug-likeness (QED) is 0.479. The molecule has 0 bridgehead atoms. The van der Waals surface area contributed by atoms with E-state index in [0.29, 0.717) is 16.5 Å². The summed E-state index contributed by atoms with van der Waals surface area (Å²) in [6.07, 6.45) is 0. The van der Waals surface area contributed by atoms with Gasteiger partial charge in [-0.2, -0.15) is 0 Å². The zero-order valence-electron chi connectivity index (χ0n) is 4.59. The Balaban J connectivity index is 3.17. The van der Waals surface area contributed by atoms with Crippen LogP contribution in [0, 0.1) is 0 Å². The van der Waals surface area contributed by atoms with Crippen molar-refractivity contribution < 1.29 is 4.39 Å². The first kappa shape index (κ1) is 6.47. The molecule has 0 heterocycles. The summed E-state index contributed by atoms with van der Waals surface area (Å²) < 4.78 is 11.6. The second-order valence-corrected chi connectivity index (χ2v) is 8.37. The van der Waals surface area contributed by atoms with Gasteiger partial charge in [-0.25, -0.2) is 0 Å². The van der Waals surface area contributed by atoms with E-state index in [0.717, 1.165) is 0 Å². The number of halogens is 1. The van der Waals surface area contributed by atoms with Crippen LogP contribution in [0.1, 0.15) is 13.8 Å². The summed E-state index contributed by atoms with van der Waals surface area (Å²) in [4.78, 5) is 0. The number of hydrogen-bond acceptors (Lipinski definition) is 0. The van der Waals surface area contributed by atoms with Gasteiger partial charge in [0.25, 0.3) is 0 Å². The van der Waals surface area contributed by atoms with Crippen molar-refractivity contribution >= 4 is 16.5 Å². The van der Waals surface area contributed by atoms with E-state index in [1.807, 2.05) is 13.8 Å². The van der Waals surface area contributed by atoms with E-state index in [1.165, 1.54) is 0 Å². The molecular formula is C4H11FGe. The van der Waals surface area contributed by atoms with Crippen LogP contribution < -0.4 is 0 Å². The molecule has 0 aromatic carbocycles. The normalized spacial score (nSPS) is 12.5. The molecule has 0 aliphatic heterocycles. The summed E-state index contributed by atoms with van der Waals surface area (Å²) in [5, 5.41) is 0. The topological polar surface area (TPSA) is 0 Å². The molecule has 6 heavy (non-hydrogen) atoms. The van der Waals surface area contributed by atoms with E-state index < -0.39 is 0 Å². The molecule has 0 saturated carbocycles.